The predicted octanol–water partition coefficient (Wildman–Crippen LogP) is 2.86. The van der Waals surface area contributed by atoms with E-state index in [0.29, 0.717) is 11.8 Å². The molecule has 6 heteroatoms. The van der Waals surface area contributed by atoms with Gasteiger partial charge in [0.15, 0.2) is 5.96 Å². The second-order valence-electron chi connectivity index (χ2n) is 7.35. The Morgan fingerprint density at radius 1 is 1.19 bits per heavy atom. The first-order chi connectivity index (χ1) is 12.3. The third-order valence-corrected chi connectivity index (χ3v) is 5.66. The molecule has 2 heterocycles. The van der Waals surface area contributed by atoms with Gasteiger partial charge >= 0.3 is 0 Å². The average molecular weight is 471 g/mol. The maximum absolute atomic E-state index is 5.95. The highest BCUT2D eigenvalue weighted by atomic mass is 127. The number of benzene rings is 1. The standard InChI is InChI=1S/C20H29N3O2.HI/c1-21-20(22-13-16-12-17(16)15-6-3-2-4-7-15)23-9-11-25-19(14-23)18-8-5-10-24-18;/h2-4,6-7,16-19H,5,8-14H2,1H3,(H,21,22);1H. The average Bonchev–Trinajstić information content (AvgIpc) is 3.23. The molecular weight excluding hydrogens is 441 g/mol. The SMILES string of the molecule is CN=C(NCC1CC1c1ccccc1)N1CCOC(C2CCCO2)C1.I. The number of nitrogens with zero attached hydrogens (tertiary/aromatic N) is 2. The van der Waals surface area contributed by atoms with Crippen LogP contribution in [0.5, 0.6) is 0 Å². The van der Waals surface area contributed by atoms with E-state index >= 15 is 0 Å². The molecule has 4 atom stereocenters. The van der Waals surface area contributed by atoms with E-state index < -0.39 is 0 Å². The number of ether oxygens (including phenoxy) is 2. The fourth-order valence-electron chi connectivity index (χ4n) is 4.12. The van der Waals surface area contributed by atoms with Gasteiger partial charge in [-0.3, -0.25) is 4.99 Å². The Bertz CT molecular complexity index is 592. The quantitative estimate of drug-likeness (QED) is 0.417. The Labute approximate surface area is 173 Å². The molecular formula is C20H30IN3O2. The third-order valence-electron chi connectivity index (χ3n) is 5.66. The first-order valence-electron chi connectivity index (χ1n) is 9.59. The van der Waals surface area contributed by atoms with Crippen molar-refractivity contribution in [3.63, 3.8) is 0 Å². The van der Waals surface area contributed by atoms with E-state index in [0.717, 1.165) is 51.6 Å². The lowest BCUT2D eigenvalue weighted by molar-refractivity contribution is -0.0817. The topological polar surface area (TPSA) is 46.1 Å². The van der Waals surface area contributed by atoms with E-state index in [9.17, 15) is 0 Å². The summed E-state index contributed by atoms with van der Waals surface area (Å²) in [5.74, 6) is 2.43. The molecule has 26 heavy (non-hydrogen) atoms. The molecule has 1 N–H and O–H groups in total. The van der Waals surface area contributed by atoms with E-state index in [2.05, 4.69) is 45.5 Å². The minimum absolute atomic E-state index is 0. The summed E-state index contributed by atoms with van der Waals surface area (Å²) >= 11 is 0. The van der Waals surface area contributed by atoms with Crippen molar-refractivity contribution in [1.29, 1.82) is 0 Å². The Balaban J connectivity index is 0.00000196. The summed E-state index contributed by atoms with van der Waals surface area (Å²) in [7, 11) is 1.88. The summed E-state index contributed by atoms with van der Waals surface area (Å²) in [6.45, 7) is 4.39. The van der Waals surface area contributed by atoms with E-state index in [1.165, 1.54) is 12.0 Å². The molecule has 5 nitrogen and oxygen atoms in total. The molecule has 0 bridgehead atoms. The molecule has 4 unspecified atom stereocenters. The van der Waals surface area contributed by atoms with Gasteiger partial charge in [-0.2, -0.15) is 0 Å². The van der Waals surface area contributed by atoms with Crippen LogP contribution in [0, 0.1) is 5.92 Å². The molecule has 0 spiro atoms. The lowest BCUT2D eigenvalue weighted by Crippen LogP contribution is -2.53. The second kappa shape index (κ2) is 9.37. The van der Waals surface area contributed by atoms with Crippen LogP contribution in [0.2, 0.25) is 0 Å². The Hall–Kier alpha value is -0.860. The van der Waals surface area contributed by atoms with Crippen molar-refractivity contribution in [2.75, 3.05) is 39.9 Å². The van der Waals surface area contributed by atoms with Gasteiger partial charge in [0.05, 0.1) is 12.7 Å². The highest BCUT2D eigenvalue weighted by Gasteiger charge is 2.38. The first-order valence-corrected chi connectivity index (χ1v) is 9.59. The van der Waals surface area contributed by atoms with Crippen LogP contribution < -0.4 is 5.32 Å². The summed E-state index contributed by atoms with van der Waals surface area (Å²) in [6, 6.07) is 10.8. The van der Waals surface area contributed by atoms with Crippen molar-refractivity contribution in [2.45, 2.75) is 37.4 Å². The molecule has 0 amide bonds. The van der Waals surface area contributed by atoms with Crippen molar-refractivity contribution in [3.05, 3.63) is 35.9 Å². The molecule has 3 fully saturated rings. The number of aliphatic imine (C=N–C) groups is 1. The van der Waals surface area contributed by atoms with Gasteiger partial charge in [0.25, 0.3) is 0 Å². The number of hydrogen-bond donors (Lipinski definition) is 1. The maximum atomic E-state index is 5.95. The van der Waals surface area contributed by atoms with Crippen LogP contribution in [0.15, 0.2) is 35.3 Å². The van der Waals surface area contributed by atoms with Crippen molar-refractivity contribution in [3.8, 4) is 0 Å². The van der Waals surface area contributed by atoms with Crippen LogP contribution >= 0.6 is 24.0 Å². The molecule has 1 aliphatic carbocycles. The molecule has 1 saturated carbocycles. The second-order valence-corrected chi connectivity index (χ2v) is 7.35. The summed E-state index contributed by atoms with van der Waals surface area (Å²) in [5.41, 5.74) is 1.47. The third kappa shape index (κ3) is 4.70. The van der Waals surface area contributed by atoms with Gasteiger partial charge < -0.3 is 19.7 Å². The molecule has 0 radical (unpaired) electrons. The van der Waals surface area contributed by atoms with Crippen molar-refractivity contribution < 1.29 is 9.47 Å². The van der Waals surface area contributed by atoms with E-state index in [1.807, 2.05) is 7.05 Å². The van der Waals surface area contributed by atoms with E-state index in [4.69, 9.17) is 9.47 Å². The number of hydrogen-bond acceptors (Lipinski definition) is 3. The van der Waals surface area contributed by atoms with Crippen LogP contribution in [0.4, 0.5) is 0 Å². The molecule has 0 aromatic heterocycles. The predicted molar refractivity (Wildman–Crippen MR) is 114 cm³/mol. The zero-order valence-corrected chi connectivity index (χ0v) is 17.8. The molecule has 1 aromatic rings. The lowest BCUT2D eigenvalue weighted by Gasteiger charge is -2.37. The number of guanidine groups is 1. The van der Waals surface area contributed by atoms with Gasteiger partial charge in [0.2, 0.25) is 0 Å². The minimum Gasteiger partial charge on any atom is -0.375 e. The highest BCUT2D eigenvalue weighted by molar-refractivity contribution is 14.0. The fraction of sp³-hybridized carbons (Fsp3) is 0.650. The summed E-state index contributed by atoms with van der Waals surface area (Å²) < 4.78 is 11.8. The zero-order chi connectivity index (χ0) is 17.1. The van der Waals surface area contributed by atoms with Gasteiger partial charge in [-0.25, -0.2) is 0 Å². The molecule has 3 aliphatic rings. The van der Waals surface area contributed by atoms with Crippen LogP contribution in [-0.2, 0) is 9.47 Å². The number of halogens is 1. The van der Waals surface area contributed by atoms with Crippen molar-refractivity contribution >= 4 is 29.9 Å². The Morgan fingerprint density at radius 3 is 2.73 bits per heavy atom. The molecule has 4 rings (SSSR count). The smallest absolute Gasteiger partial charge is 0.193 e. The van der Waals surface area contributed by atoms with Crippen molar-refractivity contribution in [2.24, 2.45) is 10.9 Å². The van der Waals surface area contributed by atoms with Crippen LogP contribution in [0.25, 0.3) is 0 Å². The highest BCUT2D eigenvalue weighted by Crippen LogP contribution is 2.46. The normalized spacial score (nSPS) is 31.4. The summed E-state index contributed by atoms with van der Waals surface area (Å²) in [5, 5.41) is 3.59. The molecule has 144 valence electrons. The van der Waals surface area contributed by atoms with Gasteiger partial charge in [0.1, 0.15) is 6.10 Å². The zero-order valence-electron chi connectivity index (χ0n) is 15.5. The number of morpholine rings is 1. The van der Waals surface area contributed by atoms with Crippen molar-refractivity contribution in [1.82, 2.24) is 10.2 Å². The van der Waals surface area contributed by atoms with Crippen LogP contribution in [0.1, 0.15) is 30.7 Å². The van der Waals surface area contributed by atoms with E-state index in [1.54, 1.807) is 0 Å². The minimum atomic E-state index is 0. The Kier molecular flexibility index (Phi) is 7.17. The molecule has 2 saturated heterocycles. The van der Waals surface area contributed by atoms with Gasteiger partial charge in [-0.1, -0.05) is 30.3 Å². The molecule has 2 aliphatic heterocycles. The largest absolute Gasteiger partial charge is 0.375 e. The molecule has 1 aromatic carbocycles. The summed E-state index contributed by atoms with van der Waals surface area (Å²) in [6.07, 6.45) is 3.97. The van der Waals surface area contributed by atoms with Crippen LogP contribution in [0.3, 0.4) is 0 Å². The monoisotopic (exact) mass is 471 g/mol. The summed E-state index contributed by atoms with van der Waals surface area (Å²) in [4.78, 5) is 6.83. The lowest BCUT2D eigenvalue weighted by atomic mass is 10.1. The van der Waals surface area contributed by atoms with Gasteiger partial charge in [-0.05, 0) is 36.7 Å². The fourth-order valence-corrected chi connectivity index (χ4v) is 4.12. The number of rotatable bonds is 4. The Morgan fingerprint density at radius 2 is 2.00 bits per heavy atom. The first kappa shape index (κ1) is 19.9. The number of nitrogens with one attached hydrogen (secondary N) is 1. The van der Waals surface area contributed by atoms with Gasteiger partial charge in [0, 0.05) is 33.3 Å². The van der Waals surface area contributed by atoms with Gasteiger partial charge in [-0.15, -0.1) is 24.0 Å². The van der Waals surface area contributed by atoms with Crippen LogP contribution in [-0.4, -0.2) is 63.0 Å². The maximum Gasteiger partial charge on any atom is 0.193 e. The van der Waals surface area contributed by atoms with E-state index in [-0.39, 0.29) is 36.2 Å².